The molecule has 1 saturated carbocycles. The average Bonchev–Trinajstić information content (AvgIpc) is 3.15. The Morgan fingerprint density at radius 3 is 2.79 bits per heavy atom. The molecule has 1 saturated heterocycles. The van der Waals surface area contributed by atoms with Crippen LogP contribution in [-0.4, -0.2) is 23.2 Å². The number of allylic oxidation sites excluding steroid dienone is 3. The van der Waals surface area contributed by atoms with Gasteiger partial charge in [0.2, 0.25) is 0 Å². The maximum atomic E-state index is 10.5. The minimum Gasteiger partial charge on any atom is -0.481 e. The molecule has 0 amide bonds. The first kappa shape index (κ1) is 19.2. The van der Waals surface area contributed by atoms with Crippen molar-refractivity contribution in [1.82, 2.24) is 5.48 Å². The summed E-state index contributed by atoms with van der Waals surface area (Å²) >= 11 is 0. The van der Waals surface area contributed by atoms with Crippen LogP contribution < -0.4 is 5.48 Å². The van der Waals surface area contributed by atoms with Crippen molar-refractivity contribution >= 4 is 5.97 Å². The Balaban J connectivity index is 1.72. The molecular formula is C20H33NO3. The van der Waals surface area contributed by atoms with Crippen LogP contribution in [-0.2, 0) is 9.63 Å². The highest BCUT2D eigenvalue weighted by Gasteiger charge is 2.47. The number of aliphatic carboxylic acids is 1. The van der Waals surface area contributed by atoms with E-state index in [4.69, 9.17) is 9.94 Å². The molecule has 0 radical (unpaired) electrons. The van der Waals surface area contributed by atoms with E-state index in [0.717, 1.165) is 25.7 Å². The minimum atomic E-state index is -0.708. The molecule has 2 aliphatic rings. The molecule has 0 spiro atoms. The van der Waals surface area contributed by atoms with Gasteiger partial charge in [-0.05, 0) is 44.4 Å². The molecule has 0 aromatic rings. The summed E-state index contributed by atoms with van der Waals surface area (Å²) in [5, 5.41) is 8.64. The molecule has 24 heavy (non-hydrogen) atoms. The number of carbonyl (C=O) groups is 1. The van der Waals surface area contributed by atoms with E-state index >= 15 is 0 Å². The molecule has 0 unspecified atom stereocenters. The predicted octanol–water partition coefficient (Wildman–Crippen LogP) is 4.62. The molecule has 136 valence electrons. The molecule has 0 aromatic carbocycles. The van der Waals surface area contributed by atoms with Gasteiger partial charge in [0.05, 0.1) is 6.10 Å². The van der Waals surface area contributed by atoms with Crippen LogP contribution >= 0.6 is 0 Å². The Bertz CT molecular complexity index is 433. The van der Waals surface area contributed by atoms with Gasteiger partial charge in [0.1, 0.15) is 0 Å². The van der Waals surface area contributed by atoms with E-state index in [1.165, 1.54) is 32.1 Å². The fourth-order valence-corrected chi connectivity index (χ4v) is 3.84. The Morgan fingerprint density at radius 2 is 2.00 bits per heavy atom. The molecule has 1 aliphatic carbocycles. The van der Waals surface area contributed by atoms with Gasteiger partial charge in [0.15, 0.2) is 0 Å². The quantitative estimate of drug-likeness (QED) is 0.403. The summed E-state index contributed by atoms with van der Waals surface area (Å²) < 4.78 is 0. The third-order valence-corrected chi connectivity index (χ3v) is 5.21. The van der Waals surface area contributed by atoms with Crippen molar-refractivity contribution in [3.63, 3.8) is 0 Å². The molecule has 4 nitrogen and oxygen atoms in total. The number of carboxylic acids is 1. The van der Waals surface area contributed by atoms with Crippen molar-refractivity contribution in [1.29, 1.82) is 0 Å². The molecule has 2 bridgehead atoms. The van der Waals surface area contributed by atoms with Crippen LogP contribution in [0.4, 0.5) is 0 Å². The van der Waals surface area contributed by atoms with E-state index in [9.17, 15) is 4.79 Å². The summed E-state index contributed by atoms with van der Waals surface area (Å²) in [6.07, 6.45) is 19.9. The summed E-state index contributed by atoms with van der Waals surface area (Å²) in [4.78, 5) is 16.2. The maximum absolute atomic E-state index is 10.5. The van der Waals surface area contributed by atoms with Crippen LogP contribution in [0.2, 0.25) is 0 Å². The number of fused-ring (bicyclic) bond motifs is 2. The Labute approximate surface area is 146 Å². The second-order valence-corrected chi connectivity index (χ2v) is 7.13. The Kier molecular flexibility index (Phi) is 8.54. The first-order valence-corrected chi connectivity index (χ1v) is 9.67. The van der Waals surface area contributed by atoms with E-state index in [-0.39, 0.29) is 6.42 Å². The van der Waals surface area contributed by atoms with Gasteiger partial charge in [-0.2, -0.15) is 5.48 Å². The van der Waals surface area contributed by atoms with Crippen molar-refractivity contribution < 1.29 is 14.7 Å². The van der Waals surface area contributed by atoms with E-state index in [1.807, 2.05) is 0 Å². The second-order valence-electron chi connectivity index (χ2n) is 7.13. The van der Waals surface area contributed by atoms with E-state index < -0.39 is 5.97 Å². The van der Waals surface area contributed by atoms with E-state index in [0.29, 0.717) is 24.0 Å². The molecule has 1 aliphatic heterocycles. The van der Waals surface area contributed by atoms with E-state index in [2.05, 4.69) is 36.7 Å². The number of hydrogen-bond acceptors (Lipinski definition) is 3. The van der Waals surface area contributed by atoms with Gasteiger partial charge in [-0.3, -0.25) is 9.63 Å². The van der Waals surface area contributed by atoms with Gasteiger partial charge in [-0.1, -0.05) is 50.5 Å². The summed E-state index contributed by atoms with van der Waals surface area (Å²) in [6.45, 7) is 2.25. The zero-order chi connectivity index (χ0) is 17.2. The van der Waals surface area contributed by atoms with Crippen molar-refractivity contribution in [2.75, 3.05) is 0 Å². The van der Waals surface area contributed by atoms with Gasteiger partial charge in [0.25, 0.3) is 0 Å². The third kappa shape index (κ3) is 6.06. The SMILES string of the molecule is CCCCCCC=C[C@@H]1[C@@H](CC=CCCCC(=O)O)[C@H]2C[C@@H]1NO2. The fourth-order valence-electron chi connectivity index (χ4n) is 3.84. The first-order valence-electron chi connectivity index (χ1n) is 9.67. The van der Waals surface area contributed by atoms with Crippen LogP contribution in [0.1, 0.15) is 71.1 Å². The number of hydrogen-bond donors (Lipinski definition) is 2. The normalized spacial score (nSPS) is 29.2. The molecular weight excluding hydrogens is 302 g/mol. The first-order chi connectivity index (χ1) is 11.7. The van der Waals surface area contributed by atoms with Crippen LogP contribution in [0, 0.1) is 11.8 Å². The highest BCUT2D eigenvalue weighted by atomic mass is 16.7. The largest absolute Gasteiger partial charge is 0.481 e. The van der Waals surface area contributed by atoms with Crippen molar-refractivity contribution in [2.24, 2.45) is 11.8 Å². The molecule has 0 aromatic heterocycles. The lowest BCUT2D eigenvalue weighted by atomic mass is 9.88. The van der Waals surface area contributed by atoms with Crippen LogP contribution in [0.25, 0.3) is 0 Å². The zero-order valence-corrected chi connectivity index (χ0v) is 15.0. The van der Waals surface area contributed by atoms with Crippen molar-refractivity contribution in [3.8, 4) is 0 Å². The number of rotatable bonds is 12. The van der Waals surface area contributed by atoms with Gasteiger partial charge in [0, 0.05) is 18.4 Å². The molecule has 2 rings (SSSR count). The van der Waals surface area contributed by atoms with Gasteiger partial charge in [-0.15, -0.1) is 0 Å². The van der Waals surface area contributed by atoms with Crippen molar-refractivity contribution in [3.05, 3.63) is 24.3 Å². The highest BCUT2D eigenvalue weighted by Crippen LogP contribution is 2.41. The number of nitrogens with one attached hydrogen (secondary N) is 1. The molecule has 1 heterocycles. The molecule has 2 fully saturated rings. The zero-order valence-electron chi connectivity index (χ0n) is 15.0. The summed E-state index contributed by atoms with van der Waals surface area (Å²) in [7, 11) is 0. The summed E-state index contributed by atoms with van der Waals surface area (Å²) in [6, 6.07) is 0.465. The number of unbranched alkanes of at least 4 members (excludes halogenated alkanes) is 5. The van der Waals surface area contributed by atoms with Gasteiger partial charge < -0.3 is 5.11 Å². The minimum absolute atomic E-state index is 0.259. The summed E-state index contributed by atoms with van der Waals surface area (Å²) in [5.41, 5.74) is 3.18. The monoisotopic (exact) mass is 335 g/mol. The van der Waals surface area contributed by atoms with E-state index in [1.54, 1.807) is 0 Å². The van der Waals surface area contributed by atoms with Crippen LogP contribution in [0.5, 0.6) is 0 Å². The third-order valence-electron chi connectivity index (χ3n) is 5.21. The highest BCUT2D eigenvalue weighted by molar-refractivity contribution is 5.66. The number of carboxylic acid groups (broad SMARTS) is 1. The maximum Gasteiger partial charge on any atom is 0.303 e. The lowest BCUT2D eigenvalue weighted by Crippen LogP contribution is -2.37. The average molecular weight is 335 g/mol. The van der Waals surface area contributed by atoms with Crippen LogP contribution in [0.3, 0.4) is 0 Å². The lowest BCUT2D eigenvalue weighted by Gasteiger charge is -2.28. The molecule has 2 N–H and O–H groups in total. The fraction of sp³-hybridized carbons (Fsp3) is 0.750. The van der Waals surface area contributed by atoms with Gasteiger partial charge in [-0.25, -0.2) is 0 Å². The Morgan fingerprint density at radius 1 is 1.17 bits per heavy atom. The lowest BCUT2D eigenvalue weighted by molar-refractivity contribution is -0.137. The van der Waals surface area contributed by atoms with Crippen molar-refractivity contribution in [2.45, 2.75) is 83.3 Å². The summed E-state index contributed by atoms with van der Waals surface area (Å²) in [5.74, 6) is 0.414. The molecule has 4 heteroatoms. The smallest absolute Gasteiger partial charge is 0.303 e. The van der Waals surface area contributed by atoms with Crippen LogP contribution in [0.15, 0.2) is 24.3 Å². The topological polar surface area (TPSA) is 58.6 Å². The van der Waals surface area contributed by atoms with Gasteiger partial charge >= 0.3 is 5.97 Å². The predicted molar refractivity (Wildman–Crippen MR) is 96.5 cm³/mol. The molecule has 4 atom stereocenters. The standard InChI is InChI=1S/C20H33NO3/c1-2-3-4-5-6-9-12-16-17(19-15-18(16)21-24-19)13-10-7-8-11-14-20(22)23/h7,9-10,12,16-19,21H,2-6,8,11,13-15H2,1H3,(H,22,23)/t16-,17-,18+,19-/m1/s1. The number of hydroxylamine groups is 1. The second kappa shape index (κ2) is 10.7. The Hall–Kier alpha value is -1.13.